The molecule has 0 saturated heterocycles. The third kappa shape index (κ3) is 4.17. The second kappa shape index (κ2) is 6.67. The van der Waals surface area contributed by atoms with Crippen molar-refractivity contribution < 1.29 is 14.3 Å². The molecule has 0 bridgehead atoms. The van der Waals surface area contributed by atoms with Crippen LogP contribution < -0.4 is 0 Å². The molecule has 0 N–H and O–H groups in total. The van der Waals surface area contributed by atoms with Crippen molar-refractivity contribution in [2.24, 2.45) is 0 Å². The topological polar surface area (TPSA) is 35.5 Å². The zero-order valence-corrected chi connectivity index (χ0v) is 9.60. The molecule has 1 aromatic rings. The molecule has 1 aromatic carbocycles. The molecule has 0 radical (unpaired) electrons. The summed E-state index contributed by atoms with van der Waals surface area (Å²) in [4.78, 5) is 10.9. The lowest BCUT2D eigenvalue weighted by Crippen LogP contribution is -2.06. The largest absolute Gasteiger partial charge is 0.508 e. The van der Waals surface area contributed by atoms with Crippen molar-refractivity contribution in [3.63, 3.8) is 0 Å². The standard InChI is InChI=1S/C13H16O3/c1-3-15-13(14)16-10-9-11(2)12-7-5-4-6-8-12/h4-9H,3,10H2,1-2H3/b11-9+. The second-order valence-electron chi connectivity index (χ2n) is 3.25. The lowest BCUT2D eigenvalue weighted by Gasteiger charge is -2.03. The number of rotatable bonds is 4. The highest BCUT2D eigenvalue weighted by Crippen LogP contribution is 2.12. The number of ether oxygens (including phenoxy) is 2. The van der Waals surface area contributed by atoms with Gasteiger partial charge in [-0.1, -0.05) is 30.3 Å². The first kappa shape index (κ1) is 12.3. The fourth-order valence-corrected chi connectivity index (χ4v) is 1.21. The first-order valence-corrected chi connectivity index (χ1v) is 5.25. The summed E-state index contributed by atoms with van der Waals surface area (Å²) in [5, 5.41) is 0. The van der Waals surface area contributed by atoms with Crippen LogP contribution in [0.1, 0.15) is 19.4 Å². The number of allylic oxidation sites excluding steroid dienone is 1. The monoisotopic (exact) mass is 220 g/mol. The van der Waals surface area contributed by atoms with Crippen LogP contribution in [0.25, 0.3) is 5.57 Å². The van der Waals surface area contributed by atoms with Gasteiger partial charge in [-0.25, -0.2) is 4.79 Å². The molecule has 16 heavy (non-hydrogen) atoms. The Kier molecular flexibility index (Phi) is 5.12. The van der Waals surface area contributed by atoms with Gasteiger partial charge in [0.2, 0.25) is 0 Å². The Bertz CT molecular complexity index is 355. The first-order chi connectivity index (χ1) is 7.74. The van der Waals surface area contributed by atoms with Crippen LogP contribution >= 0.6 is 0 Å². The molecule has 0 heterocycles. The summed E-state index contributed by atoms with van der Waals surface area (Å²) in [5.74, 6) is 0. The van der Waals surface area contributed by atoms with Crippen molar-refractivity contribution in [1.82, 2.24) is 0 Å². The average Bonchev–Trinajstić information content (AvgIpc) is 2.30. The predicted molar refractivity (Wildman–Crippen MR) is 63.1 cm³/mol. The highest BCUT2D eigenvalue weighted by molar-refractivity contribution is 5.64. The quantitative estimate of drug-likeness (QED) is 0.730. The average molecular weight is 220 g/mol. The van der Waals surface area contributed by atoms with E-state index in [1.54, 1.807) is 6.92 Å². The summed E-state index contributed by atoms with van der Waals surface area (Å²) in [6.07, 6.45) is 1.23. The van der Waals surface area contributed by atoms with Crippen molar-refractivity contribution in [3.8, 4) is 0 Å². The van der Waals surface area contributed by atoms with Crippen LogP contribution in [0.15, 0.2) is 36.4 Å². The van der Waals surface area contributed by atoms with Gasteiger partial charge >= 0.3 is 6.16 Å². The summed E-state index contributed by atoms with van der Waals surface area (Å²) in [6.45, 7) is 4.29. The van der Waals surface area contributed by atoms with Gasteiger partial charge in [-0.05, 0) is 31.1 Å². The number of carbonyl (C=O) groups excluding carboxylic acids is 1. The molecular formula is C13H16O3. The Morgan fingerprint density at radius 1 is 1.25 bits per heavy atom. The van der Waals surface area contributed by atoms with E-state index in [2.05, 4.69) is 4.74 Å². The van der Waals surface area contributed by atoms with E-state index >= 15 is 0 Å². The van der Waals surface area contributed by atoms with Gasteiger partial charge in [-0.3, -0.25) is 0 Å². The van der Waals surface area contributed by atoms with Crippen LogP contribution in [0.2, 0.25) is 0 Å². The molecule has 0 fully saturated rings. The van der Waals surface area contributed by atoms with E-state index in [0.29, 0.717) is 6.61 Å². The molecule has 0 amide bonds. The van der Waals surface area contributed by atoms with Crippen molar-refractivity contribution in [2.45, 2.75) is 13.8 Å². The maximum Gasteiger partial charge on any atom is 0.508 e. The Hall–Kier alpha value is -1.77. The molecule has 0 atom stereocenters. The van der Waals surface area contributed by atoms with Crippen LogP contribution in [-0.2, 0) is 9.47 Å². The van der Waals surface area contributed by atoms with Crippen molar-refractivity contribution in [1.29, 1.82) is 0 Å². The summed E-state index contributed by atoms with van der Waals surface area (Å²) in [7, 11) is 0. The molecular weight excluding hydrogens is 204 g/mol. The number of benzene rings is 1. The fourth-order valence-electron chi connectivity index (χ4n) is 1.21. The maximum atomic E-state index is 10.9. The van der Waals surface area contributed by atoms with Gasteiger partial charge in [0.1, 0.15) is 6.61 Å². The zero-order chi connectivity index (χ0) is 11.8. The lowest BCUT2D eigenvalue weighted by molar-refractivity contribution is 0.0674. The SMILES string of the molecule is CCOC(=O)OC/C=C(\C)c1ccccc1. The molecule has 0 aliphatic heterocycles. The van der Waals surface area contributed by atoms with Crippen LogP contribution in [0.3, 0.4) is 0 Å². The number of carbonyl (C=O) groups is 1. The molecule has 1 rings (SSSR count). The van der Waals surface area contributed by atoms with Crippen molar-refractivity contribution in [2.75, 3.05) is 13.2 Å². The first-order valence-electron chi connectivity index (χ1n) is 5.25. The Morgan fingerprint density at radius 3 is 2.56 bits per heavy atom. The van der Waals surface area contributed by atoms with Crippen molar-refractivity contribution in [3.05, 3.63) is 42.0 Å². The van der Waals surface area contributed by atoms with E-state index in [-0.39, 0.29) is 6.61 Å². The van der Waals surface area contributed by atoms with Crippen LogP contribution in [0, 0.1) is 0 Å². The number of hydrogen-bond donors (Lipinski definition) is 0. The summed E-state index contributed by atoms with van der Waals surface area (Å²) < 4.78 is 9.48. The van der Waals surface area contributed by atoms with Gasteiger partial charge < -0.3 is 9.47 Å². The van der Waals surface area contributed by atoms with Crippen LogP contribution in [-0.4, -0.2) is 19.4 Å². The van der Waals surface area contributed by atoms with E-state index in [0.717, 1.165) is 11.1 Å². The Labute approximate surface area is 95.7 Å². The minimum absolute atomic E-state index is 0.236. The number of hydrogen-bond acceptors (Lipinski definition) is 3. The minimum atomic E-state index is -0.625. The Morgan fingerprint density at radius 2 is 1.94 bits per heavy atom. The van der Waals surface area contributed by atoms with Gasteiger partial charge in [-0.15, -0.1) is 0 Å². The third-order valence-electron chi connectivity index (χ3n) is 2.08. The van der Waals surface area contributed by atoms with Crippen molar-refractivity contribution >= 4 is 11.7 Å². The van der Waals surface area contributed by atoms with Gasteiger partial charge in [0.15, 0.2) is 0 Å². The van der Waals surface area contributed by atoms with Gasteiger partial charge in [-0.2, -0.15) is 0 Å². The van der Waals surface area contributed by atoms with E-state index in [1.807, 2.05) is 43.3 Å². The maximum absolute atomic E-state index is 10.9. The molecule has 0 aliphatic carbocycles. The van der Waals surface area contributed by atoms with E-state index in [4.69, 9.17) is 4.74 Å². The molecule has 3 heteroatoms. The Balaban J connectivity index is 2.43. The summed E-state index contributed by atoms with van der Waals surface area (Å²) in [5.41, 5.74) is 2.19. The highest BCUT2D eigenvalue weighted by Gasteiger charge is 2.00. The van der Waals surface area contributed by atoms with Crippen LogP contribution in [0.4, 0.5) is 4.79 Å². The molecule has 3 nitrogen and oxygen atoms in total. The summed E-state index contributed by atoms with van der Waals surface area (Å²) in [6, 6.07) is 9.93. The third-order valence-corrected chi connectivity index (χ3v) is 2.08. The zero-order valence-electron chi connectivity index (χ0n) is 9.60. The normalized spacial score (nSPS) is 11.0. The molecule has 0 spiro atoms. The molecule has 0 aromatic heterocycles. The second-order valence-corrected chi connectivity index (χ2v) is 3.25. The molecule has 0 unspecified atom stereocenters. The van der Waals surface area contributed by atoms with E-state index in [9.17, 15) is 4.79 Å². The molecule has 0 saturated carbocycles. The lowest BCUT2D eigenvalue weighted by atomic mass is 10.1. The smallest absolute Gasteiger partial charge is 0.435 e. The highest BCUT2D eigenvalue weighted by atomic mass is 16.7. The molecule has 86 valence electrons. The minimum Gasteiger partial charge on any atom is -0.435 e. The fraction of sp³-hybridized carbons (Fsp3) is 0.308. The van der Waals surface area contributed by atoms with Crippen LogP contribution in [0.5, 0.6) is 0 Å². The summed E-state index contributed by atoms with van der Waals surface area (Å²) >= 11 is 0. The van der Waals surface area contributed by atoms with Gasteiger partial charge in [0, 0.05) is 0 Å². The predicted octanol–water partition coefficient (Wildman–Crippen LogP) is 3.26. The van der Waals surface area contributed by atoms with Gasteiger partial charge in [0.25, 0.3) is 0 Å². The molecule has 0 aliphatic rings. The van der Waals surface area contributed by atoms with E-state index in [1.165, 1.54) is 0 Å². The van der Waals surface area contributed by atoms with Gasteiger partial charge in [0.05, 0.1) is 6.61 Å². The van der Waals surface area contributed by atoms with E-state index < -0.39 is 6.16 Å².